The molecule has 3 aromatic rings. The number of rotatable bonds is 9. The normalized spacial score (nSPS) is 14.2. The van der Waals surface area contributed by atoms with Crippen LogP contribution in [-0.2, 0) is 16.1 Å². The third-order valence-corrected chi connectivity index (χ3v) is 6.47. The molecule has 0 atom stereocenters. The maximum atomic E-state index is 12.9. The Hall–Kier alpha value is -4.04. The molecule has 3 aromatic carbocycles. The van der Waals surface area contributed by atoms with Crippen molar-refractivity contribution in [1.82, 2.24) is 4.90 Å². The van der Waals surface area contributed by atoms with Crippen molar-refractivity contribution >= 4 is 40.6 Å². The van der Waals surface area contributed by atoms with Gasteiger partial charge in [0.1, 0.15) is 0 Å². The van der Waals surface area contributed by atoms with Crippen molar-refractivity contribution in [3.63, 3.8) is 0 Å². The number of nitrogens with zero attached hydrogens (tertiary/aromatic N) is 1. The Morgan fingerprint density at radius 3 is 2.46 bits per heavy atom. The standard InChI is InChI=1S/C29H28N2O5S/c1-4-35-25-15-22(12-13-24(25)36-18-27(32)30-23-7-5-6-20(3)14-23)16-26-28(33)31(29(34)37-26)17-21-10-8-19(2)9-11-21/h5-16H,4,17-18H2,1-3H3,(H,30,32)/b26-16+. The van der Waals surface area contributed by atoms with Crippen LogP contribution in [0.2, 0.25) is 0 Å². The van der Waals surface area contributed by atoms with E-state index in [1.807, 2.05) is 69.3 Å². The summed E-state index contributed by atoms with van der Waals surface area (Å²) < 4.78 is 11.4. The monoisotopic (exact) mass is 516 g/mol. The van der Waals surface area contributed by atoms with Crippen molar-refractivity contribution in [2.75, 3.05) is 18.5 Å². The summed E-state index contributed by atoms with van der Waals surface area (Å²) in [5.74, 6) is 0.227. The SMILES string of the molecule is CCOc1cc(/C=C2/SC(=O)N(Cc3ccc(C)cc3)C2=O)ccc1OCC(=O)Nc1cccc(C)c1. The number of hydrogen-bond donors (Lipinski definition) is 1. The quantitative estimate of drug-likeness (QED) is 0.354. The molecule has 0 radical (unpaired) electrons. The summed E-state index contributed by atoms with van der Waals surface area (Å²) in [4.78, 5) is 39.4. The third kappa shape index (κ3) is 6.80. The van der Waals surface area contributed by atoms with Crippen LogP contribution < -0.4 is 14.8 Å². The van der Waals surface area contributed by atoms with Crippen LogP contribution in [0, 0.1) is 13.8 Å². The predicted octanol–water partition coefficient (Wildman–Crippen LogP) is 5.96. The average molecular weight is 517 g/mol. The van der Waals surface area contributed by atoms with Crippen LogP contribution in [0.5, 0.6) is 11.5 Å². The number of benzene rings is 3. The molecule has 0 aromatic heterocycles. The van der Waals surface area contributed by atoms with Crippen molar-refractivity contribution in [3.8, 4) is 11.5 Å². The lowest BCUT2D eigenvalue weighted by Crippen LogP contribution is -2.27. The summed E-state index contributed by atoms with van der Waals surface area (Å²) in [6.07, 6.45) is 1.66. The van der Waals surface area contributed by atoms with Gasteiger partial charge in [-0.1, -0.05) is 48.0 Å². The van der Waals surface area contributed by atoms with Crippen LogP contribution in [0.15, 0.2) is 71.6 Å². The molecule has 1 heterocycles. The average Bonchev–Trinajstić information content (AvgIpc) is 3.12. The van der Waals surface area contributed by atoms with Crippen molar-refractivity contribution in [3.05, 3.63) is 93.9 Å². The Labute approximate surface area is 220 Å². The first kappa shape index (κ1) is 26.0. The van der Waals surface area contributed by atoms with Crippen molar-refractivity contribution in [1.29, 1.82) is 0 Å². The van der Waals surface area contributed by atoms with Gasteiger partial charge in [-0.2, -0.15) is 0 Å². The number of nitrogens with one attached hydrogen (secondary N) is 1. The number of anilines is 1. The molecule has 3 amide bonds. The van der Waals surface area contributed by atoms with E-state index in [1.165, 1.54) is 4.90 Å². The predicted molar refractivity (Wildman–Crippen MR) is 146 cm³/mol. The van der Waals surface area contributed by atoms with E-state index in [4.69, 9.17) is 9.47 Å². The summed E-state index contributed by atoms with van der Waals surface area (Å²) in [5, 5.41) is 2.50. The molecule has 0 spiro atoms. The second-order valence-corrected chi connectivity index (χ2v) is 9.59. The zero-order valence-electron chi connectivity index (χ0n) is 20.9. The van der Waals surface area contributed by atoms with E-state index in [2.05, 4.69) is 5.32 Å². The van der Waals surface area contributed by atoms with Gasteiger partial charge in [0.25, 0.3) is 17.1 Å². The summed E-state index contributed by atoms with van der Waals surface area (Å²) in [5.41, 5.74) is 4.43. The molecule has 190 valence electrons. The van der Waals surface area contributed by atoms with Gasteiger partial charge in [0, 0.05) is 5.69 Å². The lowest BCUT2D eigenvalue weighted by Gasteiger charge is -2.13. The summed E-state index contributed by atoms with van der Waals surface area (Å²) >= 11 is 0.912. The Morgan fingerprint density at radius 2 is 1.73 bits per heavy atom. The Morgan fingerprint density at radius 1 is 0.946 bits per heavy atom. The highest BCUT2D eigenvalue weighted by Crippen LogP contribution is 2.35. The van der Waals surface area contributed by atoms with Gasteiger partial charge in [0.05, 0.1) is 18.1 Å². The van der Waals surface area contributed by atoms with Gasteiger partial charge >= 0.3 is 0 Å². The van der Waals surface area contributed by atoms with E-state index in [0.29, 0.717) is 34.3 Å². The molecule has 8 heteroatoms. The fraction of sp³-hybridized carbons (Fsp3) is 0.207. The number of ether oxygens (including phenoxy) is 2. The molecule has 1 N–H and O–H groups in total. The Bertz CT molecular complexity index is 1350. The van der Waals surface area contributed by atoms with Gasteiger partial charge in [0.2, 0.25) is 0 Å². The second kappa shape index (κ2) is 11.8. The topological polar surface area (TPSA) is 84.9 Å². The van der Waals surface area contributed by atoms with E-state index in [0.717, 1.165) is 28.5 Å². The molecule has 0 saturated carbocycles. The number of carbonyl (C=O) groups excluding carboxylic acids is 3. The minimum Gasteiger partial charge on any atom is -0.490 e. The van der Waals surface area contributed by atoms with Gasteiger partial charge in [-0.25, -0.2) is 0 Å². The highest BCUT2D eigenvalue weighted by atomic mass is 32.2. The van der Waals surface area contributed by atoms with Crippen molar-refractivity contribution in [2.24, 2.45) is 0 Å². The van der Waals surface area contributed by atoms with Crippen LogP contribution in [0.25, 0.3) is 6.08 Å². The van der Waals surface area contributed by atoms with E-state index in [-0.39, 0.29) is 30.2 Å². The smallest absolute Gasteiger partial charge is 0.293 e. The molecule has 0 aliphatic carbocycles. The van der Waals surface area contributed by atoms with Gasteiger partial charge < -0.3 is 14.8 Å². The van der Waals surface area contributed by atoms with Crippen LogP contribution in [0.3, 0.4) is 0 Å². The lowest BCUT2D eigenvalue weighted by atomic mass is 10.1. The largest absolute Gasteiger partial charge is 0.490 e. The summed E-state index contributed by atoms with van der Waals surface area (Å²) in [6.45, 7) is 6.21. The molecule has 1 saturated heterocycles. The number of thioether (sulfide) groups is 1. The van der Waals surface area contributed by atoms with Crippen molar-refractivity contribution < 1.29 is 23.9 Å². The second-order valence-electron chi connectivity index (χ2n) is 8.60. The molecule has 1 aliphatic heterocycles. The molecular formula is C29H28N2O5S. The Kier molecular flexibility index (Phi) is 8.30. The molecule has 0 unspecified atom stereocenters. The van der Waals surface area contributed by atoms with Crippen LogP contribution >= 0.6 is 11.8 Å². The fourth-order valence-corrected chi connectivity index (χ4v) is 4.57. The van der Waals surface area contributed by atoms with E-state index >= 15 is 0 Å². The first-order chi connectivity index (χ1) is 17.8. The first-order valence-corrected chi connectivity index (χ1v) is 12.7. The van der Waals surface area contributed by atoms with Gasteiger partial charge in [0.15, 0.2) is 18.1 Å². The first-order valence-electron chi connectivity index (χ1n) is 11.9. The number of aryl methyl sites for hydroxylation is 2. The Balaban J connectivity index is 1.44. The summed E-state index contributed by atoms with van der Waals surface area (Å²) in [7, 11) is 0. The van der Waals surface area contributed by atoms with E-state index < -0.39 is 0 Å². The van der Waals surface area contributed by atoms with Gasteiger partial charge in [-0.05, 0) is 79.6 Å². The minimum absolute atomic E-state index is 0.189. The number of amides is 3. The molecule has 4 rings (SSSR count). The molecule has 1 fully saturated rings. The summed E-state index contributed by atoms with van der Waals surface area (Å²) in [6, 6.07) is 20.4. The number of carbonyl (C=O) groups is 3. The maximum absolute atomic E-state index is 12.9. The van der Waals surface area contributed by atoms with Gasteiger partial charge in [-0.3, -0.25) is 19.3 Å². The zero-order valence-corrected chi connectivity index (χ0v) is 21.8. The highest BCUT2D eigenvalue weighted by Gasteiger charge is 2.35. The van der Waals surface area contributed by atoms with Crippen LogP contribution in [0.4, 0.5) is 10.5 Å². The number of hydrogen-bond acceptors (Lipinski definition) is 6. The van der Waals surface area contributed by atoms with E-state index in [9.17, 15) is 14.4 Å². The molecule has 37 heavy (non-hydrogen) atoms. The molecule has 1 aliphatic rings. The van der Waals surface area contributed by atoms with E-state index in [1.54, 1.807) is 24.3 Å². The highest BCUT2D eigenvalue weighted by molar-refractivity contribution is 8.18. The maximum Gasteiger partial charge on any atom is 0.293 e. The molecule has 0 bridgehead atoms. The zero-order chi connectivity index (χ0) is 26.4. The third-order valence-electron chi connectivity index (χ3n) is 5.56. The van der Waals surface area contributed by atoms with Gasteiger partial charge in [-0.15, -0.1) is 0 Å². The number of imide groups is 1. The van der Waals surface area contributed by atoms with Crippen LogP contribution in [0.1, 0.15) is 29.2 Å². The van der Waals surface area contributed by atoms with Crippen LogP contribution in [-0.4, -0.2) is 35.2 Å². The fourth-order valence-electron chi connectivity index (χ4n) is 3.73. The lowest BCUT2D eigenvalue weighted by molar-refractivity contribution is -0.123. The molecular weight excluding hydrogens is 488 g/mol. The minimum atomic E-state index is -0.332. The van der Waals surface area contributed by atoms with Crippen molar-refractivity contribution in [2.45, 2.75) is 27.3 Å². The molecule has 7 nitrogen and oxygen atoms in total.